The maximum atomic E-state index is 5.72. The molecule has 0 bridgehead atoms. The van der Waals surface area contributed by atoms with Crippen LogP contribution in [-0.4, -0.2) is 10.2 Å². The lowest BCUT2D eigenvalue weighted by Crippen LogP contribution is -1.85. The summed E-state index contributed by atoms with van der Waals surface area (Å²) in [6, 6.07) is 9.85. The molecule has 1 unspecified atom stereocenters. The van der Waals surface area contributed by atoms with Crippen molar-refractivity contribution in [1.82, 2.24) is 0 Å². The number of hydrogen-bond donors (Lipinski definition) is 0. The molecule has 9 heavy (non-hydrogen) atoms. The third kappa shape index (κ3) is 1.84. The van der Waals surface area contributed by atoms with Crippen molar-refractivity contribution in [3.8, 4) is 0 Å². The lowest BCUT2D eigenvalue weighted by Gasteiger charge is -1.99. The summed E-state index contributed by atoms with van der Waals surface area (Å²) in [7, 11) is 3.30. The molecule has 1 aromatic carbocycles. The van der Waals surface area contributed by atoms with Gasteiger partial charge in [-0.25, -0.2) is 0 Å². The minimum atomic E-state index is -0.0637. The molecule has 3 radical (unpaired) electrons. The summed E-state index contributed by atoms with van der Waals surface area (Å²) in [5, 5.41) is -0.0637. The monoisotopic (exact) mass is 153 g/mol. The van der Waals surface area contributed by atoms with Gasteiger partial charge < -0.3 is 0 Å². The van der Waals surface area contributed by atoms with E-state index in [1.165, 1.54) is 0 Å². The lowest BCUT2D eigenvalue weighted by atomic mass is 10.2. The molecule has 1 aromatic rings. The average Bonchev–Trinajstić information content (AvgIpc) is 1.90. The first-order chi connectivity index (χ1) is 4.30. The Morgan fingerprint density at radius 2 is 1.78 bits per heavy atom. The topological polar surface area (TPSA) is 0 Å². The molecule has 0 spiro atoms. The second kappa shape index (κ2) is 3.04. The zero-order valence-electron chi connectivity index (χ0n) is 4.84. The van der Waals surface area contributed by atoms with Crippen molar-refractivity contribution in [3.63, 3.8) is 0 Å². The first kappa shape index (κ1) is 6.84. The smallest absolute Gasteiger partial charge is 0.0553 e. The number of hydrogen-bond acceptors (Lipinski definition) is 0. The number of rotatable bonds is 1. The quantitative estimate of drug-likeness (QED) is 0.428. The Labute approximate surface area is 63.3 Å². The van der Waals surface area contributed by atoms with Gasteiger partial charge in [-0.2, -0.15) is 0 Å². The van der Waals surface area contributed by atoms with Crippen LogP contribution in [0.4, 0.5) is 0 Å². The first-order valence-corrected chi connectivity index (χ1v) is 3.72. The van der Waals surface area contributed by atoms with Crippen molar-refractivity contribution in [2.45, 2.75) is 5.00 Å². The molecule has 0 amide bonds. The van der Waals surface area contributed by atoms with Crippen LogP contribution in [0.25, 0.3) is 0 Å². The Bertz CT molecular complexity index is 172. The third-order valence-electron chi connectivity index (χ3n) is 1.09. The zero-order chi connectivity index (χ0) is 6.69. The SMILES string of the molecule is [Si]C(Cl)c1ccccc1. The van der Waals surface area contributed by atoms with Crippen LogP contribution in [0.1, 0.15) is 10.6 Å². The van der Waals surface area contributed by atoms with E-state index in [0.29, 0.717) is 0 Å². The van der Waals surface area contributed by atoms with E-state index in [2.05, 4.69) is 10.2 Å². The van der Waals surface area contributed by atoms with E-state index in [0.717, 1.165) is 5.56 Å². The van der Waals surface area contributed by atoms with Crippen LogP contribution in [0.2, 0.25) is 0 Å². The van der Waals surface area contributed by atoms with Crippen molar-refractivity contribution < 1.29 is 0 Å². The fourth-order valence-corrected chi connectivity index (χ4v) is 0.960. The van der Waals surface area contributed by atoms with Gasteiger partial charge in [-0.05, 0) is 5.56 Å². The van der Waals surface area contributed by atoms with Gasteiger partial charge in [0, 0.05) is 5.00 Å². The van der Waals surface area contributed by atoms with Crippen molar-refractivity contribution in [2.24, 2.45) is 0 Å². The summed E-state index contributed by atoms with van der Waals surface area (Å²) in [4.78, 5) is 0. The Hall–Kier alpha value is -0.273. The average molecular weight is 154 g/mol. The van der Waals surface area contributed by atoms with Crippen LogP contribution in [-0.2, 0) is 0 Å². The molecule has 0 aliphatic heterocycles. The van der Waals surface area contributed by atoms with E-state index < -0.39 is 0 Å². The highest BCUT2D eigenvalue weighted by atomic mass is 35.5. The van der Waals surface area contributed by atoms with Gasteiger partial charge in [-0.3, -0.25) is 0 Å². The molecular formula is C7H6ClSi. The summed E-state index contributed by atoms with van der Waals surface area (Å²) in [5.74, 6) is 0. The molecular weight excluding hydrogens is 148 g/mol. The van der Waals surface area contributed by atoms with Crippen LogP contribution in [0.3, 0.4) is 0 Å². The van der Waals surface area contributed by atoms with E-state index in [1.807, 2.05) is 30.3 Å². The lowest BCUT2D eigenvalue weighted by molar-refractivity contribution is 1.35. The van der Waals surface area contributed by atoms with Crippen molar-refractivity contribution >= 4 is 21.8 Å². The van der Waals surface area contributed by atoms with Gasteiger partial charge >= 0.3 is 0 Å². The van der Waals surface area contributed by atoms with E-state index in [4.69, 9.17) is 11.6 Å². The first-order valence-electron chi connectivity index (χ1n) is 2.71. The van der Waals surface area contributed by atoms with Crippen LogP contribution in [0.5, 0.6) is 0 Å². The maximum absolute atomic E-state index is 5.72. The fourth-order valence-electron chi connectivity index (χ4n) is 0.622. The van der Waals surface area contributed by atoms with Crippen molar-refractivity contribution in [3.05, 3.63) is 35.9 Å². The maximum Gasteiger partial charge on any atom is 0.0553 e. The molecule has 0 aliphatic carbocycles. The largest absolute Gasteiger partial charge is 0.122 e. The summed E-state index contributed by atoms with van der Waals surface area (Å²) < 4.78 is 0. The van der Waals surface area contributed by atoms with Crippen LogP contribution < -0.4 is 0 Å². The van der Waals surface area contributed by atoms with Gasteiger partial charge in [0.2, 0.25) is 0 Å². The van der Waals surface area contributed by atoms with Gasteiger partial charge in [0.25, 0.3) is 0 Å². The fraction of sp³-hybridized carbons (Fsp3) is 0.143. The molecule has 0 saturated carbocycles. The third-order valence-corrected chi connectivity index (χ3v) is 1.68. The molecule has 0 saturated heterocycles. The number of halogens is 1. The molecule has 0 aliphatic rings. The van der Waals surface area contributed by atoms with E-state index in [1.54, 1.807) is 0 Å². The molecule has 45 valence electrons. The number of benzene rings is 1. The summed E-state index contributed by atoms with van der Waals surface area (Å²) in [5.41, 5.74) is 1.09. The Kier molecular flexibility index (Phi) is 2.31. The molecule has 0 fully saturated rings. The second-order valence-electron chi connectivity index (χ2n) is 1.77. The molecule has 2 heteroatoms. The standard InChI is InChI=1S/C7H6ClSi/c8-7(9)6-4-2-1-3-5-6/h1-5,7H. The van der Waals surface area contributed by atoms with Crippen LogP contribution in [0.15, 0.2) is 30.3 Å². The van der Waals surface area contributed by atoms with E-state index >= 15 is 0 Å². The summed E-state index contributed by atoms with van der Waals surface area (Å²) in [6.07, 6.45) is 0. The molecule has 0 heterocycles. The van der Waals surface area contributed by atoms with Crippen LogP contribution in [0, 0.1) is 0 Å². The Morgan fingerprint density at radius 1 is 1.22 bits per heavy atom. The zero-order valence-corrected chi connectivity index (χ0v) is 6.60. The minimum absolute atomic E-state index is 0.0637. The van der Waals surface area contributed by atoms with Gasteiger partial charge in [-0.15, -0.1) is 11.6 Å². The molecule has 0 nitrogen and oxygen atoms in total. The van der Waals surface area contributed by atoms with Gasteiger partial charge in [0.1, 0.15) is 0 Å². The minimum Gasteiger partial charge on any atom is -0.122 e. The number of alkyl halides is 1. The van der Waals surface area contributed by atoms with E-state index in [-0.39, 0.29) is 5.00 Å². The van der Waals surface area contributed by atoms with E-state index in [9.17, 15) is 0 Å². The molecule has 0 aromatic heterocycles. The predicted molar refractivity (Wildman–Crippen MR) is 40.8 cm³/mol. The van der Waals surface area contributed by atoms with Crippen molar-refractivity contribution in [1.29, 1.82) is 0 Å². The van der Waals surface area contributed by atoms with Gasteiger partial charge in [-0.1, -0.05) is 30.3 Å². The van der Waals surface area contributed by atoms with Gasteiger partial charge in [0.05, 0.1) is 10.2 Å². The molecule has 0 N–H and O–H groups in total. The Morgan fingerprint density at radius 3 is 2.11 bits per heavy atom. The summed E-state index contributed by atoms with van der Waals surface area (Å²) in [6.45, 7) is 0. The summed E-state index contributed by atoms with van der Waals surface area (Å²) >= 11 is 5.72. The normalized spacial score (nSPS) is 13.1. The Balaban J connectivity index is 2.85. The second-order valence-corrected chi connectivity index (χ2v) is 3.15. The highest BCUT2D eigenvalue weighted by Crippen LogP contribution is 2.14. The molecule has 1 rings (SSSR count). The van der Waals surface area contributed by atoms with Crippen molar-refractivity contribution in [2.75, 3.05) is 0 Å². The molecule has 1 atom stereocenters. The predicted octanol–water partition coefficient (Wildman–Crippen LogP) is 2.09. The highest BCUT2D eigenvalue weighted by molar-refractivity contribution is 6.40. The van der Waals surface area contributed by atoms with Gasteiger partial charge in [0.15, 0.2) is 0 Å². The highest BCUT2D eigenvalue weighted by Gasteiger charge is 1.96. The van der Waals surface area contributed by atoms with Crippen LogP contribution >= 0.6 is 11.6 Å².